The molecule has 0 aliphatic heterocycles. The molecule has 256 valence electrons. The van der Waals surface area contributed by atoms with E-state index in [2.05, 4.69) is 10.6 Å². The Hall–Kier alpha value is -2.65. The van der Waals surface area contributed by atoms with E-state index >= 15 is 0 Å². The molecule has 0 aromatic rings. The lowest BCUT2D eigenvalue weighted by atomic mass is 9.83. The fraction of sp³-hybridized carbons (Fsp3) is 0.862. The van der Waals surface area contributed by atoms with Crippen molar-refractivity contribution in [2.24, 2.45) is 11.8 Å². The monoisotopic (exact) mass is 650 g/mol. The highest BCUT2D eigenvalue weighted by Crippen LogP contribution is 2.29. The van der Waals surface area contributed by atoms with E-state index in [1.807, 2.05) is 0 Å². The molecule has 2 rings (SSSR count). The van der Waals surface area contributed by atoms with E-state index in [0.717, 1.165) is 6.26 Å². The van der Waals surface area contributed by atoms with Crippen molar-refractivity contribution in [2.75, 3.05) is 34.4 Å². The van der Waals surface area contributed by atoms with Crippen molar-refractivity contribution in [3.05, 3.63) is 0 Å². The molecule has 0 saturated heterocycles. The molecular weight excluding hydrogens is 596 g/mol. The van der Waals surface area contributed by atoms with E-state index in [1.54, 1.807) is 74.6 Å². The number of alkyl carbamates (subject to hydrolysis) is 2. The number of aliphatic hydroxyl groups excluding tert-OH is 1. The van der Waals surface area contributed by atoms with Crippen molar-refractivity contribution in [3.63, 3.8) is 0 Å². The predicted molar refractivity (Wildman–Crippen MR) is 164 cm³/mol. The van der Waals surface area contributed by atoms with Crippen LogP contribution in [0.4, 0.5) is 9.59 Å². The second-order valence-electron chi connectivity index (χ2n) is 13.9. The Labute approximate surface area is 262 Å². The van der Waals surface area contributed by atoms with E-state index in [9.17, 15) is 32.7 Å². The molecule has 2 fully saturated rings. The Bertz CT molecular complexity index is 1100. The third-order valence-corrected chi connectivity index (χ3v) is 7.48. The van der Waals surface area contributed by atoms with Gasteiger partial charge >= 0.3 is 12.2 Å². The fourth-order valence-corrected chi connectivity index (χ4v) is 5.72. The van der Waals surface area contributed by atoms with Crippen LogP contribution in [0.5, 0.6) is 0 Å². The van der Waals surface area contributed by atoms with Crippen LogP contribution >= 0.6 is 0 Å². The number of hydrogen-bond acceptors (Lipinski definition) is 10. The molecule has 4 amide bonds. The lowest BCUT2D eigenvalue weighted by Crippen LogP contribution is -2.51. The van der Waals surface area contributed by atoms with Gasteiger partial charge in [-0.1, -0.05) is 0 Å². The maximum absolute atomic E-state index is 12.2. The van der Waals surface area contributed by atoms with Gasteiger partial charge in [0.15, 0.2) is 0 Å². The van der Waals surface area contributed by atoms with Gasteiger partial charge in [0.05, 0.1) is 30.5 Å². The van der Waals surface area contributed by atoms with Crippen LogP contribution < -0.4 is 10.6 Å². The molecule has 0 unspecified atom stereocenters. The lowest BCUT2D eigenvalue weighted by Gasteiger charge is -2.36. The molecule has 0 bridgehead atoms. The number of ether oxygens (including phenoxy) is 2. The number of carbonyl (C=O) groups excluding carboxylic acids is 4. The number of carbonyl (C=O) groups is 4. The number of amides is 4. The Balaban J connectivity index is 0.000000447. The number of nitrogens with zero attached hydrogens (tertiary/aromatic N) is 2. The van der Waals surface area contributed by atoms with Gasteiger partial charge in [-0.15, -0.1) is 0 Å². The summed E-state index contributed by atoms with van der Waals surface area (Å²) < 4.78 is 38.4. The van der Waals surface area contributed by atoms with E-state index < -0.39 is 57.8 Å². The highest BCUT2D eigenvalue weighted by atomic mass is 32.2. The zero-order chi connectivity index (χ0) is 34.2. The molecule has 0 aromatic carbocycles. The van der Waals surface area contributed by atoms with E-state index in [0.29, 0.717) is 38.5 Å². The predicted octanol–water partition coefficient (Wildman–Crippen LogP) is 2.24. The quantitative estimate of drug-likeness (QED) is 0.361. The number of hydrogen-bond donors (Lipinski definition) is 3. The standard InChI is InChI=1S/C15H28N2O6S.C14H26N2O4/c1-15(2,3)22-14(19)16-11-9-10(13(18)17(4)5)7-8-12(11)23-24(6,20)21;1-14(2,3)20-13(19)15-10-8-9(6-7-11(10)17)12(18)16(4)5/h10-12H,7-9H2,1-6H3,(H,16,19);9-11,17H,6-8H2,1-5H3,(H,15,19)/t10-,11+,12+;9-,10+,11+/m00/s1. The zero-order valence-corrected chi connectivity index (χ0v) is 28.9. The van der Waals surface area contributed by atoms with Crippen LogP contribution in [0, 0.1) is 11.8 Å². The van der Waals surface area contributed by atoms with Crippen molar-refractivity contribution < 1.29 is 46.4 Å². The van der Waals surface area contributed by atoms with Gasteiger partial charge < -0.3 is 35.0 Å². The average Bonchev–Trinajstić information content (AvgIpc) is 2.82. The van der Waals surface area contributed by atoms with Crippen LogP contribution in [0.3, 0.4) is 0 Å². The van der Waals surface area contributed by atoms with Gasteiger partial charge in [0, 0.05) is 40.0 Å². The molecule has 14 nitrogen and oxygen atoms in total. The lowest BCUT2D eigenvalue weighted by molar-refractivity contribution is -0.135. The van der Waals surface area contributed by atoms with Crippen LogP contribution in [-0.4, -0.2) is 117 Å². The SMILES string of the molecule is CN(C)C(=O)[C@H]1CC[C@@H](O)[C@H](NC(=O)OC(C)(C)C)C1.CN(C)C(=O)[C@H]1CC[C@@H](OS(C)(=O)=O)[C@H](NC(=O)OC(C)(C)C)C1. The maximum atomic E-state index is 12.2. The highest BCUT2D eigenvalue weighted by Gasteiger charge is 2.38. The summed E-state index contributed by atoms with van der Waals surface area (Å²) in [4.78, 5) is 50.9. The van der Waals surface area contributed by atoms with E-state index in [-0.39, 0.29) is 23.7 Å². The first kappa shape index (κ1) is 39.4. The van der Waals surface area contributed by atoms with Gasteiger partial charge in [0.1, 0.15) is 11.2 Å². The Kier molecular flexibility index (Phi) is 14.4. The summed E-state index contributed by atoms with van der Waals surface area (Å²) >= 11 is 0. The van der Waals surface area contributed by atoms with E-state index in [4.69, 9.17) is 13.7 Å². The van der Waals surface area contributed by atoms with Crippen molar-refractivity contribution >= 4 is 34.1 Å². The minimum absolute atomic E-state index is 0.0351. The summed E-state index contributed by atoms with van der Waals surface area (Å²) in [6.07, 6.45) is 1.17. The maximum Gasteiger partial charge on any atom is 0.407 e. The van der Waals surface area contributed by atoms with Crippen LogP contribution in [0.15, 0.2) is 0 Å². The number of rotatable bonds is 6. The van der Waals surface area contributed by atoms with Crippen molar-refractivity contribution in [1.82, 2.24) is 20.4 Å². The molecule has 3 N–H and O–H groups in total. The molecule has 2 saturated carbocycles. The summed E-state index contributed by atoms with van der Waals surface area (Å²) in [7, 11) is 3.08. The zero-order valence-electron chi connectivity index (χ0n) is 28.1. The second-order valence-corrected chi connectivity index (χ2v) is 15.5. The van der Waals surface area contributed by atoms with Crippen molar-refractivity contribution in [3.8, 4) is 0 Å². The minimum Gasteiger partial charge on any atom is -0.444 e. The van der Waals surface area contributed by atoms with Crippen LogP contribution in [0.2, 0.25) is 0 Å². The largest absolute Gasteiger partial charge is 0.444 e. The van der Waals surface area contributed by atoms with Crippen LogP contribution in [-0.2, 0) is 33.4 Å². The summed E-state index contributed by atoms with van der Waals surface area (Å²) in [5, 5.41) is 15.3. The third kappa shape index (κ3) is 14.9. The topological polar surface area (TPSA) is 181 Å². The van der Waals surface area contributed by atoms with E-state index in [1.165, 1.54) is 4.90 Å². The Morgan fingerprint density at radius 3 is 1.48 bits per heavy atom. The van der Waals surface area contributed by atoms with Crippen LogP contribution in [0.25, 0.3) is 0 Å². The first-order valence-corrected chi connectivity index (χ1v) is 16.7. The number of nitrogens with one attached hydrogen (secondary N) is 2. The minimum atomic E-state index is -3.67. The molecule has 44 heavy (non-hydrogen) atoms. The molecular formula is C29H54N4O10S. The second kappa shape index (κ2) is 16.1. The first-order chi connectivity index (χ1) is 19.9. The Morgan fingerprint density at radius 2 is 1.09 bits per heavy atom. The molecule has 0 radical (unpaired) electrons. The van der Waals surface area contributed by atoms with Gasteiger partial charge in [-0.2, -0.15) is 8.42 Å². The fourth-order valence-electron chi connectivity index (χ4n) is 5.04. The molecule has 15 heteroatoms. The summed E-state index contributed by atoms with van der Waals surface area (Å²) in [5.74, 6) is -0.468. The van der Waals surface area contributed by atoms with Gasteiger partial charge in [0.25, 0.3) is 10.1 Å². The summed E-state index contributed by atoms with van der Waals surface area (Å²) in [5.41, 5.74) is -1.26. The molecule has 0 heterocycles. The highest BCUT2D eigenvalue weighted by molar-refractivity contribution is 7.86. The summed E-state index contributed by atoms with van der Waals surface area (Å²) in [6.45, 7) is 10.5. The van der Waals surface area contributed by atoms with Gasteiger partial charge in [0.2, 0.25) is 11.8 Å². The van der Waals surface area contributed by atoms with Gasteiger partial charge in [-0.05, 0) is 80.1 Å². The molecule has 0 aromatic heterocycles. The summed E-state index contributed by atoms with van der Waals surface area (Å²) in [6, 6.07) is -1.05. The number of aliphatic hydroxyl groups is 1. The molecule has 0 spiro atoms. The van der Waals surface area contributed by atoms with Gasteiger partial charge in [-0.3, -0.25) is 13.8 Å². The van der Waals surface area contributed by atoms with Crippen LogP contribution in [0.1, 0.15) is 80.1 Å². The Morgan fingerprint density at radius 1 is 0.705 bits per heavy atom. The van der Waals surface area contributed by atoms with Gasteiger partial charge in [-0.25, -0.2) is 9.59 Å². The molecule has 6 atom stereocenters. The van der Waals surface area contributed by atoms with Crippen molar-refractivity contribution in [1.29, 1.82) is 0 Å². The first-order valence-electron chi connectivity index (χ1n) is 14.9. The molecule has 2 aliphatic rings. The average molecular weight is 651 g/mol. The smallest absolute Gasteiger partial charge is 0.407 e. The molecule has 2 aliphatic carbocycles. The normalized spacial score (nSPS) is 25.8. The third-order valence-electron chi connectivity index (χ3n) is 6.88. The van der Waals surface area contributed by atoms with Crippen molar-refractivity contribution in [2.45, 2.75) is 116 Å².